The molecule has 0 radical (unpaired) electrons. The summed E-state index contributed by atoms with van der Waals surface area (Å²) in [6.07, 6.45) is 2.00. The summed E-state index contributed by atoms with van der Waals surface area (Å²) in [6, 6.07) is 0. The molecule has 13 heavy (non-hydrogen) atoms. The Bertz CT molecular complexity index is 174. The Kier molecular flexibility index (Phi) is 7.62. The van der Waals surface area contributed by atoms with E-state index in [2.05, 4.69) is 13.8 Å². The fourth-order valence-electron chi connectivity index (χ4n) is 1.11. The first-order valence-electron chi connectivity index (χ1n) is 4.78. The molecule has 1 atom stereocenters. The van der Waals surface area contributed by atoms with E-state index in [0.717, 1.165) is 31.7 Å². The van der Waals surface area contributed by atoms with E-state index in [1.165, 1.54) is 11.4 Å². The second-order valence-electron chi connectivity index (χ2n) is 2.82. The lowest BCUT2D eigenvalue weighted by Crippen LogP contribution is -2.19. The van der Waals surface area contributed by atoms with Gasteiger partial charge in [-0.25, -0.2) is 4.67 Å². The lowest BCUT2D eigenvalue weighted by Gasteiger charge is -2.25. The third kappa shape index (κ3) is 5.31. The second kappa shape index (κ2) is 7.17. The minimum Gasteiger partial charge on any atom is -0.277 e. The van der Waals surface area contributed by atoms with E-state index in [1.54, 1.807) is 0 Å². The maximum Gasteiger partial charge on any atom is 0.289 e. The molecule has 0 rings (SSSR count). The van der Waals surface area contributed by atoms with Crippen LogP contribution in [0, 0.1) is 0 Å². The summed E-state index contributed by atoms with van der Waals surface area (Å²) in [5.41, 5.74) is 0. The highest BCUT2D eigenvalue weighted by atomic mass is 35.7. The Balaban J connectivity index is 4.23. The lowest BCUT2D eigenvalue weighted by molar-refractivity contribution is 0.427. The quantitative estimate of drug-likeness (QED) is 0.625. The van der Waals surface area contributed by atoms with Crippen LogP contribution in [0.1, 0.15) is 33.6 Å². The molecule has 5 heteroatoms. The van der Waals surface area contributed by atoms with E-state index >= 15 is 0 Å². The van der Waals surface area contributed by atoms with Crippen LogP contribution in [0.25, 0.3) is 0 Å². The van der Waals surface area contributed by atoms with Crippen LogP contribution >= 0.6 is 28.5 Å². The van der Waals surface area contributed by atoms with Gasteiger partial charge in [0.1, 0.15) is 0 Å². The molecule has 80 valence electrons. The standard InChI is InChI=1S/C8H19ClNOPS/c1-4-7-10(8-5-2)12(9,11)13-6-3/h4-8H2,1-3H3. The molecule has 0 aromatic heterocycles. The van der Waals surface area contributed by atoms with Gasteiger partial charge < -0.3 is 0 Å². The van der Waals surface area contributed by atoms with Gasteiger partial charge >= 0.3 is 0 Å². The van der Waals surface area contributed by atoms with E-state index in [0.29, 0.717) is 0 Å². The van der Waals surface area contributed by atoms with Crippen molar-refractivity contribution in [2.45, 2.75) is 33.6 Å². The van der Waals surface area contributed by atoms with E-state index in [-0.39, 0.29) is 0 Å². The molecule has 0 aromatic carbocycles. The van der Waals surface area contributed by atoms with Gasteiger partial charge in [0, 0.05) is 13.1 Å². The first-order valence-corrected chi connectivity index (χ1v) is 8.93. The maximum absolute atomic E-state index is 11.9. The monoisotopic (exact) mass is 243 g/mol. The van der Waals surface area contributed by atoms with Crippen LogP contribution in [0.15, 0.2) is 0 Å². The van der Waals surface area contributed by atoms with E-state index in [9.17, 15) is 4.57 Å². The highest BCUT2D eigenvalue weighted by Crippen LogP contribution is 2.65. The molecule has 0 bridgehead atoms. The number of hydrogen-bond donors (Lipinski definition) is 0. The molecule has 0 N–H and O–H groups in total. The molecule has 0 saturated carbocycles. The smallest absolute Gasteiger partial charge is 0.277 e. The summed E-state index contributed by atoms with van der Waals surface area (Å²) in [4.78, 5) is 0. The Hall–Kier alpha value is 0.830. The van der Waals surface area contributed by atoms with Crippen LogP contribution < -0.4 is 0 Å². The summed E-state index contributed by atoms with van der Waals surface area (Å²) in [6.45, 7) is 7.81. The van der Waals surface area contributed by atoms with E-state index < -0.39 is 5.85 Å². The molecule has 0 aromatic rings. The molecule has 0 heterocycles. The van der Waals surface area contributed by atoms with Crippen LogP contribution in [0.3, 0.4) is 0 Å². The second-order valence-corrected chi connectivity index (χ2v) is 9.36. The highest BCUT2D eigenvalue weighted by Gasteiger charge is 2.26. The average molecular weight is 244 g/mol. The molecule has 0 spiro atoms. The fourth-order valence-corrected chi connectivity index (χ4v) is 5.73. The third-order valence-electron chi connectivity index (χ3n) is 1.59. The molecule has 0 aliphatic heterocycles. The molecule has 0 aliphatic carbocycles. The summed E-state index contributed by atoms with van der Waals surface area (Å²) in [7, 11) is 0. The van der Waals surface area contributed by atoms with Gasteiger partial charge in [-0.1, -0.05) is 32.2 Å². The largest absolute Gasteiger partial charge is 0.289 e. The van der Waals surface area contributed by atoms with Crippen molar-refractivity contribution in [3.8, 4) is 0 Å². The van der Waals surface area contributed by atoms with Crippen LogP contribution in [-0.4, -0.2) is 23.5 Å². The van der Waals surface area contributed by atoms with Gasteiger partial charge in [0.05, 0.1) is 0 Å². The van der Waals surface area contributed by atoms with Gasteiger partial charge in [0.25, 0.3) is 5.85 Å². The van der Waals surface area contributed by atoms with Crippen molar-refractivity contribution >= 4 is 28.5 Å². The van der Waals surface area contributed by atoms with Crippen molar-refractivity contribution < 1.29 is 4.57 Å². The first-order chi connectivity index (χ1) is 6.08. The Morgan fingerprint density at radius 1 is 1.23 bits per heavy atom. The number of hydrogen-bond acceptors (Lipinski definition) is 2. The van der Waals surface area contributed by atoms with Crippen molar-refractivity contribution in [2.24, 2.45) is 0 Å². The summed E-state index contributed by atoms with van der Waals surface area (Å²) >= 11 is 7.37. The minimum atomic E-state index is -2.61. The van der Waals surface area contributed by atoms with Crippen LogP contribution in [0.2, 0.25) is 0 Å². The molecule has 2 nitrogen and oxygen atoms in total. The zero-order valence-electron chi connectivity index (χ0n) is 8.62. The zero-order valence-corrected chi connectivity index (χ0v) is 11.1. The highest BCUT2D eigenvalue weighted by molar-refractivity contribution is 8.64. The van der Waals surface area contributed by atoms with Gasteiger partial charge in [-0.2, -0.15) is 0 Å². The van der Waals surface area contributed by atoms with Crippen LogP contribution in [-0.2, 0) is 4.57 Å². The summed E-state index contributed by atoms with van der Waals surface area (Å²) < 4.78 is 13.9. The molecule has 1 unspecified atom stereocenters. The molecule has 0 fully saturated rings. The van der Waals surface area contributed by atoms with Gasteiger partial charge in [0.2, 0.25) is 0 Å². The molecule has 0 aliphatic rings. The number of nitrogens with zero attached hydrogens (tertiary/aromatic N) is 1. The molecule has 0 saturated heterocycles. The maximum atomic E-state index is 11.9. The van der Waals surface area contributed by atoms with Crippen molar-refractivity contribution in [1.82, 2.24) is 4.67 Å². The van der Waals surface area contributed by atoms with Gasteiger partial charge in [-0.3, -0.25) is 4.57 Å². The first kappa shape index (κ1) is 13.8. The predicted molar refractivity (Wildman–Crippen MR) is 63.7 cm³/mol. The Labute approximate surface area is 90.4 Å². The van der Waals surface area contributed by atoms with Crippen molar-refractivity contribution in [3.63, 3.8) is 0 Å². The van der Waals surface area contributed by atoms with Crippen LogP contribution in [0.4, 0.5) is 0 Å². The fraction of sp³-hybridized carbons (Fsp3) is 1.00. The third-order valence-corrected chi connectivity index (χ3v) is 7.18. The topological polar surface area (TPSA) is 20.3 Å². The van der Waals surface area contributed by atoms with Gasteiger partial charge in [0.15, 0.2) is 0 Å². The molecular formula is C8H19ClNOPS. The minimum absolute atomic E-state index is 0.810. The lowest BCUT2D eigenvalue weighted by atomic mass is 10.4. The van der Waals surface area contributed by atoms with Gasteiger partial charge in [-0.05, 0) is 29.8 Å². The van der Waals surface area contributed by atoms with E-state index in [1.807, 2.05) is 11.6 Å². The van der Waals surface area contributed by atoms with Crippen molar-refractivity contribution in [2.75, 3.05) is 18.8 Å². The van der Waals surface area contributed by atoms with Crippen LogP contribution in [0.5, 0.6) is 0 Å². The average Bonchev–Trinajstić information content (AvgIpc) is 2.04. The van der Waals surface area contributed by atoms with Crippen molar-refractivity contribution in [3.05, 3.63) is 0 Å². The Morgan fingerprint density at radius 3 is 2.00 bits per heavy atom. The number of rotatable bonds is 7. The summed E-state index contributed by atoms with van der Waals surface area (Å²) in [5, 5.41) is 0. The SMILES string of the molecule is CCCN(CCC)P(=O)(Cl)SCC. The molecule has 0 amide bonds. The number of halogens is 1. The normalized spacial score (nSPS) is 16.1. The molecular weight excluding hydrogens is 225 g/mol. The summed E-state index contributed by atoms with van der Waals surface area (Å²) in [5.74, 6) is -1.80. The zero-order chi connectivity index (χ0) is 10.3. The van der Waals surface area contributed by atoms with Gasteiger partial charge in [-0.15, -0.1) is 0 Å². The van der Waals surface area contributed by atoms with E-state index in [4.69, 9.17) is 11.2 Å². The van der Waals surface area contributed by atoms with Crippen molar-refractivity contribution in [1.29, 1.82) is 0 Å². The predicted octanol–water partition coefficient (Wildman–Crippen LogP) is 4.21. The Morgan fingerprint density at radius 2 is 1.69 bits per heavy atom.